The quantitative estimate of drug-likeness (QED) is 0.617. The molecule has 8 nitrogen and oxygen atoms in total. The van der Waals surface area contributed by atoms with Crippen LogP contribution in [0.15, 0.2) is 30.5 Å². The van der Waals surface area contributed by atoms with Crippen LogP contribution in [0.1, 0.15) is 40.1 Å². The van der Waals surface area contributed by atoms with Crippen molar-refractivity contribution >= 4 is 22.6 Å². The molecule has 0 spiro atoms. The first-order valence-corrected chi connectivity index (χ1v) is 10.6. The van der Waals surface area contributed by atoms with Crippen molar-refractivity contribution in [1.29, 1.82) is 0 Å². The van der Waals surface area contributed by atoms with Crippen molar-refractivity contribution in [1.82, 2.24) is 14.9 Å². The van der Waals surface area contributed by atoms with Crippen LogP contribution in [0.4, 0.5) is 19.0 Å². The highest BCUT2D eigenvalue weighted by atomic mass is 19.3. The minimum atomic E-state index is -3.15. The van der Waals surface area contributed by atoms with Gasteiger partial charge < -0.3 is 24.8 Å². The molecule has 34 heavy (non-hydrogen) atoms. The molecule has 2 N–H and O–H groups in total. The van der Waals surface area contributed by atoms with E-state index in [2.05, 4.69) is 14.7 Å². The van der Waals surface area contributed by atoms with Gasteiger partial charge in [0, 0.05) is 10.9 Å². The molecule has 3 aromatic rings. The number of anilines is 1. The molecule has 0 unspecified atom stereocenters. The van der Waals surface area contributed by atoms with Crippen molar-refractivity contribution in [3.63, 3.8) is 0 Å². The number of benzene rings is 1. The summed E-state index contributed by atoms with van der Waals surface area (Å²) in [7, 11) is 0. The lowest BCUT2D eigenvalue weighted by atomic mass is 10.0. The number of hydrogen-bond donors (Lipinski definition) is 1. The van der Waals surface area contributed by atoms with E-state index in [0.29, 0.717) is 30.1 Å². The number of halogens is 3. The number of ether oxygens (including phenoxy) is 3. The number of nitrogen functional groups attached to an aromatic ring is 1. The zero-order chi connectivity index (χ0) is 24.0. The van der Waals surface area contributed by atoms with Gasteiger partial charge in [0.2, 0.25) is 0 Å². The molecule has 5 rings (SSSR count). The topological polar surface area (TPSA) is 99.8 Å². The standard InChI is InChI=1S/C23H21F3N4O4/c1-11-7-32-10-19(12-2-3-20(16(24)4-12)34-23(25)26)30(11)22(31)17-5-13-14-8-33-9-15(14)21(27)29-18(13)6-28-17/h2-6,11,19,23H,7-10H2,1H3,(H2,27,29)/t11-,19-/m1/s1. The number of alkyl halides is 2. The van der Waals surface area contributed by atoms with Gasteiger partial charge in [-0.2, -0.15) is 8.78 Å². The van der Waals surface area contributed by atoms with E-state index in [1.165, 1.54) is 12.3 Å². The Morgan fingerprint density at radius 2 is 2.00 bits per heavy atom. The summed E-state index contributed by atoms with van der Waals surface area (Å²) in [4.78, 5) is 23.9. The van der Waals surface area contributed by atoms with E-state index >= 15 is 0 Å². The van der Waals surface area contributed by atoms with Crippen molar-refractivity contribution in [2.45, 2.75) is 38.8 Å². The predicted molar refractivity (Wildman–Crippen MR) is 115 cm³/mol. The first-order valence-electron chi connectivity index (χ1n) is 10.6. The van der Waals surface area contributed by atoms with Crippen molar-refractivity contribution in [2.75, 3.05) is 18.9 Å². The number of nitrogens with two attached hydrogens (primary N) is 1. The van der Waals surface area contributed by atoms with Crippen molar-refractivity contribution < 1.29 is 32.2 Å². The van der Waals surface area contributed by atoms with Gasteiger partial charge in [-0.25, -0.2) is 14.4 Å². The van der Waals surface area contributed by atoms with Gasteiger partial charge in [0.1, 0.15) is 11.5 Å². The summed E-state index contributed by atoms with van der Waals surface area (Å²) in [5.41, 5.74) is 8.83. The summed E-state index contributed by atoms with van der Waals surface area (Å²) in [5, 5.41) is 0.733. The van der Waals surface area contributed by atoms with Gasteiger partial charge in [0.15, 0.2) is 11.6 Å². The van der Waals surface area contributed by atoms with Crippen molar-refractivity contribution in [2.24, 2.45) is 0 Å². The number of fused-ring (bicyclic) bond motifs is 3. The molecule has 0 saturated carbocycles. The van der Waals surface area contributed by atoms with Gasteiger partial charge >= 0.3 is 6.61 Å². The highest BCUT2D eigenvalue weighted by Gasteiger charge is 2.35. The van der Waals surface area contributed by atoms with Crippen LogP contribution in [0.25, 0.3) is 10.9 Å². The van der Waals surface area contributed by atoms with Gasteiger partial charge in [-0.3, -0.25) is 4.79 Å². The lowest BCUT2D eigenvalue weighted by Crippen LogP contribution is -2.49. The minimum absolute atomic E-state index is 0.111. The second-order valence-corrected chi connectivity index (χ2v) is 8.22. The number of aromatic nitrogens is 2. The molecule has 2 aromatic heterocycles. The van der Waals surface area contributed by atoms with E-state index in [0.717, 1.165) is 28.6 Å². The average Bonchev–Trinajstić information content (AvgIpc) is 3.31. The number of carbonyl (C=O) groups excluding carboxylic acids is 1. The third-order valence-corrected chi connectivity index (χ3v) is 6.07. The average molecular weight is 474 g/mol. The molecule has 11 heteroatoms. The number of amides is 1. The van der Waals surface area contributed by atoms with Crippen LogP contribution in [-0.4, -0.2) is 46.6 Å². The fraction of sp³-hybridized carbons (Fsp3) is 0.348. The second kappa shape index (κ2) is 8.73. The van der Waals surface area contributed by atoms with E-state index in [9.17, 15) is 18.0 Å². The maximum absolute atomic E-state index is 14.4. The van der Waals surface area contributed by atoms with Gasteiger partial charge in [-0.1, -0.05) is 6.07 Å². The third kappa shape index (κ3) is 3.90. The molecule has 2 aliphatic rings. The Hall–Kier alpha value is -3.44. The smallest absolute Gasteiger partial charge is 0.387 e. The van der Waals surface area contributed by atoms with Gasteiger partial charge in [0.25, 0.3) is 5.91 Å². The van der Waals surface area contributed by atoms with Gasteiger partial charge in [0.05, 0.1) is 50.2 Å². The van der Waals surface area contributed by atoms with E-state index in [4.69, 9.17) is 15.2 Å². The maximum atomic E-state index is 14.4. The second-order valence-electron chi connectivity index (χ2n) is 8.22. The number of nitrogens with zero attached hydrogens (tertiary/aromatic N) is 3. The maximum Gasteiger partial charge on any atom is 0.387 e. The van der Waals surface area contributed by atoms with Crippen LogP contribution in [0, 0.1) is 5.82 Å². The third-order valence-electron chi connectivity index (χ3n) is 6.07. The molecule has 1 fully saturated rings. The molecule has 0 radical (unpaired) electrons. The number of pyridine rings is 2. The molecular formula is C23H21F3N4O4. The van der Waals surface area contributed by atoms with Crippen LogP contribution < -0.4 is 10.5 Å². The SMILES string of the molecule is C[C@@H]1COC[C@H](c2ccc(OC(F)F)c(F)c2)N1C(=O)c1cc2c3c(c(N)nc2cn1)COC3. The summed E-state index contributed by atoms with van der Waals surface area (Å²) in [6.07, 6.45) is 1.49. The fourth-order valence-electron chi connectivity index (χ4n) is 4.46. The number of hydrogen-bond acceptors (Lipinski definition) is 7. The zero-order valence-electron chi connectivity index (χ0n) is 18.1. The first kappa shape index (κ1) is 22.4. The monoisotopic (exact) mass is 474 g/mol. The Morgan fingerprint density at radius 1 is 1.21 bits per heavy atom. The Balaban J connectivity index is 1.51. The van der Waals surface area contributed by atoms with Crippen molar-refractivity contribution in [3.8, 4) is 5.75 Å². The summed E-state index contributed by atoms with van der Waals surface area (Å²) in [6, 6.07) is 4.31. The summed E-state index contributed by atoms with van der Waals surface area (Å²) >= 11 is 0. The van der Waals surface area contributed by atoms with Crippen LogP contribution in [-0.2, 0) is 22.7 Å². The summed E-state index contributed by atoms with van der Waals surface area (Å²) < 4.78 is 54.7. The van der Waals surface area contributed by atoms with Crippen LogP contribution >= 0.6 is 0 Å². The zero-order valence-corrected chi connectivity index (χ0v) is 18.1. The van der Waals surface area contributed by atoms with Crippen LogP contribution in [0.2, 0.25) is 0 Å². The highest BCUT2D eigenvalue weighted by Crippen LogP contribution is 2.34. The molecule has 2 aliphatic heterocycles. The van der Waals surface area contributed by atoms with Crippen LogP contribution in [0.5, 0.6) is 5.75 Å². The predicted octanol–water partition coefficient (Wildman–Crippen LogP) is 3.58. The first-order chi connectivity index (χ1) is 16.3. The van der Waals surface area contributed by atoms with Gasteiger partial charge in [-0.05, 0) is 36.2 Å². The Kier molecular flexibility index (Phi) is 5.74. The fourth-order valence-corrected chi connectivity index (χ4v) is 4.46. The van der Waals surface area contributed by atoms with Gasteiger partial charge in [-0.15, -0.1) is 0 Å². The minimum Gasteiger partial charge on any atom is -0.432 e. The highest BCUT2D eigenvalue weighted by molar-refractivity contribution is 5.97. The molecule has 1 amide bonds. The molecule has 0 aliphatic carbocycles. The van der Waals surface area contributed by atoms with E-state index in [1.54, 1.807) is 11.0 Å². The Morgan fingerprint density at radius 3 is 2.76 bits per heavy atom. The lowest BCUT2D eigenvalue weighted by Gasteiger charge is -2.40. The summed E-state index contributed by atoms with van der Waals surface area (Å²) in [5.74, 6) is -1.52. The number of carbonyl (C=O) groups is 1. The van der Waals surface area contributed by atoms with E-state index in [-0.39, 0.29) is 30.9 Å². The molecular weight excluding hydrogens is 453 g/mol. The lowest BCUT2D eigenvalue weighted by molar-refractivity contribution is -0.0523. The molecule has 2 atom stereocenters. The largest absolute Gasteiger partial charge is 0.432 e. The molecule has 0 bridgehead atoms. The van der Waals surface area contributed by atoms with E-state index in [1.807, 2.05) is 6.92 Å². The number of morpholine rings is 1. The van der Waals surface area contributed by atoms with Crippen molar-refractivity contribution in [3.05, 3.63) is 58.7 Å². The molecule has 178 valence electrons. The molecule has 1 saturated heterocycles. The number of rotatable bonds is 4. The van der Waals surface area contributed by atoms with E-state index < -0.39 is 24.2 Å². The molecule has 1 aromatic carbocycles. The molecule has 4 heterocycles. The van der Waals surface area contributed by atoms with Crippen LogP contribution in [0.3, 0.4) is 0 Å². The Labute approximate surface area is 192 Å². The summed E-state index contributed by atoms with van der Waals surface area (Å²) in [6.45, 7) is -0.226. The normalized spacial score (nSPS) is 20.1. The Bertz CT molecular complexity index is 1270.